The van der Waals surface area contributed by atoms with Crippen LogP contribution in [-0.2, 0) is 11.3 Å². The molecule has 1 saturated heterocycles. The first kappa shape index (κ1) is 14.1. The second kappa shape index (κ2) is 6.26. The van der Waals surface area contributed by atoms with Gasteiger partial charge in [-0.05, 0) is 18.6 Å². The van der Waals surface area contributed by atoms with Crippen molar-refractivity contribution in [3.63, 3.8) is 0 Å². The predicted molar refractivity (Wildman–Crippen MR) is 79.5 cm³/mol. The number of amides is 1. The maximum atomic E-state index is 12.1. The van der Waals surface area contributed by atoms with Gasteiger partial charge in [0.25, 0.3) is 0 Å². The van der Waals surface area contributed by atoms with Crippen LogP contribution in [0.4, 0.5) is 5.82 Å². The average molecular weight is 296 g/mol. The lowest BCUT2D eigenvalue weighted by Crippen LogP contribution is -2.25. The summed E-state index contributed by atoms with van der Waals surface area (Å²) in [6.45, 7) is 1.73. The van der Waals surface area contributed by atoms with E-state index in [1.807, 2.05) is 22.8 Å². The predicted octanol–water partition coefficient (Wildman–Crippen LogP) is 1.07. The number of rotatable bonds is 4. The Labute approximate surface area is 128 Å². The first-order valence-corrected chi connectivity index (χ1v) is 7.12. The minimum atomic E-state index is -0.152. The molecule has 0 radical (unpaired) electrons. The first-order chi connectivity index (χ1) is 10.7. The highest BCUT2D eigenvalue weighted by Crippen LogP contribution is 2.17. The summed E-state index contributed by atoms with van der Waals surface area (Å²) in [5, 5.41) is 11.6. The summed E-state index contributed by atoms with van der Waals surface area (Å²) in [5.74, 6) is 0.290. The van der Waals surface area contributed by atoms with Gasteiger partial charge in [0, 0.05) is 25.5 Å². The number of carbonyl (C=O) groups is 1. The highest BCUT2D eigenvalue weighted by molar-refractivity contribution is 5.91. The van der Waals surface area contributed by atoms with E-state index in [-0.39, 0.29) is 11.8 Å². The van der Waals surface area contributed by atoms with Crippen LogP contribution in [0.5, 0.6) is 0 Å². The van der Waals surface area contributed by atoms with E-state index in [1.54, 1.807) is 23.6 Å². The van der Waals surface area contributed by atoms with E-state index >= 15 is 0 Å². The summed E-state index contributed by atoms with van der Waals surface area (Å²) in [7, 11) is 0. The van der Waals surface area contributed by atoms with Crippen LogP contribution in [0.3, 0.4) is 0 Å². The van der Waals surface area contributed by atoms with Crippen LogP contribution in [-0.4, -0.2) is 38.4 Å². The molecule has 2 aromatic heterocycles. The van der Waals surface area contributed by atoms with Crippen molar-refractivity contribution in [1.29, 1.82) is 5.26 Å². The van der Waals surface area contributed by atoms with E-state index in [0.29, 0.717) is 31.9 Å². The van der Waals surface area contributed by atoms with Gasteiger partial charge in [0.1, 0.15) is 0 Å². The first-order valence-electron chi connectivity index (χ1n) is 7.12. The van der Waals surface area contributed by atoms with Crippen molar-refractivity contribution >= 4 is 11.7 Å². The maximum Gasteiger partial charge on any atom is 0.230 e. The fourth-order valence-electron chi connectivity index (χ4n) is 2.48. The number of carbonyl (C=O) groups excluding carboxylic acids is 1. The van der Waals surface area contributed by atoms with Gasteiger partial charge >= 0.3 is 0 Å². The minimum Gasteiger partial charge on any atom is -0.329 e. The molecule has 7 nitrogen and oxygen atoms in total. The molecule has 22 heavy (non-hydrogen) atoms. The summed E-state index contributed by atoms with van der Waals surface area (Å²) < 4.78 is 1.87. The van der Waals surface area contributed by atoms with E-state index < -0.39 is 0 Å². The SMILES string of the molecule is N#CN1CCC(C(=O)Nc2cn(Cc3ccccn3)cn2)C1. The van der Waals surface area contributed by atoms with Gasteiger partial charge in [-0.3, -0.25) is 9.78 Å². The number of nitrogens with one attached hydrogen (secondary N) is 1. The fourth-order valence-corrected chi connectivity index (χ4v) is 2.48. The number of hydrogen-bond acceptors (Lipinski definition) is 5. The number of imidazole rings is 1. The molecule has 1 unspecified atom stereocenters. The molecule has 1 atom stereocenters. The lowest BCUT2D eigenvalue weighted by molar-refractivity contribution is -0.119. The molecule has 0 aromatic carbocycles. The zero-order valence-electron chi connectivity index (χ0n) is 12.0. The lowest BCUT2D eigenvalue weighted by atomic mass is 10.1. The molecule has 1 amide bonds. The largest absolute Gasteiger partial charge is 0.329 e. The molecule has 7 heteroatoms. The number of aromatic nitrogens is 3. The fraction of sp³-hybridized carbons (Fsp3) is 0.333. The molecule has 112 valence electrons. The van der Waals surface area contributed by atoms with Crippen molar-refractivity contribution in [3.8, 4) is 6.19 Å². The molecule has 1 fully saturated rings. The van der Waals surface area contributed by atoms with Gasteiger partial charge in [-0.25, -0.2) is 4.98 Å². The standard InChI is InChI=1S/C15H16N6O/c16-10-20-6-4-12(7-20)15(22)19-14-9-21(11-18-14)8-13-3-1-2-5-17-13/h1-3,5,9,11-12H,4,6-8H2,(H,19,22). The highest BCUT2D eigenvalue weighted by Gasteiger charge is 2.28. The molecule has 0 bridgehead atoms. The van der Waals surface area contributed by atoms with E-state index in [0.717, 1.165) is 5.69 Å². The number of hydrogen-bond donors (Lipinski definition) is 1. The van der Waals surface area contributed by atoms with Crippen molar-refractivity contribution in [2.24, 2.45) is 5.92 Å². The molecule has 3 heterocycles. The van der Waals surface area contributed by atoms with E-state index in [1.165, 1.54) is 0 Å². The summed E-state index contributed by atoms with van der Waals surface area (Å²) in [5.41, 5.74) is 0.929. The molecule has 1 aliphatic heterocycles. The Balaban J connectivity index is 1.58. The number of pyridine rings is 1. The molecule has 1 N–H and O–H groups in total. The molecular weight excluding hydrogens is 280 g/mol. The van der Waals surface area contributed by atoms with Crippen LogP contribution in [0.15, 0.2) is 36.9 Å². The number of nitrogens with zero attached hydrogens (tertiary/aromatic N) is 5. The van der Waals surface area contributed by atoms with Crippen molar-refractivity contribution in [1.82, 2.24) is 19.4 Å². The van der Waals surface area contributed by atoms with Crippen LogP contribution in [0.25, 0.3) is 0 Å². The van der Waals surface area contributed by atoms with E-state index in [9.17, 15) is 4.79 Å². The minimum absolute atomic E-state index is 0.0826. The smallest absolute Gasteiger partial charge is 0.230 e. The molecule has 3 rings (SSSR count). The Morgan fingerprint density at radius 1 is 1.45 bits per heavy atom. The van der Waals surface area contributed by atoms with Gasteiger partial charge in [-0.15, -0.1) is 0 Å². The topological polar surface area (TPSA) is 86.8 Å². The molecule has 0 spiro atoms. The van der Waals surface area contributed by atoms with Crippen molar-refractivity contribution in [2.45, 2.75) is 13.0 Å². The third kappa shape index (κ3) is 3.23. The Morgan fingerprint density at radius 3 is 3.09 bits per heavy atom. The Bertz CT molecular complexity index is 690. The van der Waals surface area contributed by atoms with Gasteiger partial charge in [-0.2, -0.15) is 5.26 Å². The second-order valence-electron chi connectivity index (χ2n) is 5.27. The Hall–Kier alpha value is -2.88. The quantitative estimate of drug-likeness (QED) is 0.853. The van der Waals surface area contributed by atoms with Crippen molar-refractivity contribution in [3.05, 3.63) is 42.6 Å². The number of anilines is 1. The lowest BCUT2D eigenvalue weighted by Gasteiger charge is -2.08. The van der Waals surface area contributed by atoms with Gasteiger partial charge in [0.05, 0.1) is 24.5 Å². The maximum absolute atomic E-state index is 12.1. The van der Waals surface area contributed by atoms with Crippen LogP contribution in [0.1, 0.15) is 12.1 Å². The molecule has 1 aliphatic rings. The molecular formula is C15H16N6O. The number of likely N-dealkylation sites (tertiary alicyclic amines) is 1. The Kier molecular flexibility index (Phi) is 4.01. The molecule has 0 saturated carbocycles. The van der Waals surface area contributed by atoms with Gasteiger partial charge < -0.3 is 14.8 Å². The van der Waals surface area contributed by atoms with E-state index in [4.69, 9.17) is 5.26 Å². The highest BCUT2D eigenvalue weighted by atomic mass is 16.2. The van der Waals surface area contributed by atoms with Crippen LogP contribution in [0, 0.1) is 17.4 Å². The van der Waals surface area contributed by atoms with Gasteiger partial charge in [0.2, 0.25) is 5.91 Å². The van der Waals surface area contributed by atoms with Crippen LogP contribution < -0.4 is 5.32 Å². The summed E-state index contributed by atoms with van der Waals surface area (Å²) in [6.07, 6.45) is 7.97. The van der Waals surface area contributed by atoms with Gasteiger partial charge in [0.15, 0.2) is 12.0 Å². The monoisotopic (exact) mass is 296 g/mol. The summed E-state index contributed by atoms with van der Waals surface area (Å²) >= 11 is 0. The molecule has 2 aromatic rings. The van der Waals surface area contributed by atoms with E-state index in [2.05, 4.69) is 21.5 Å². The summed E-state index contributed by atoms with van der Waals surface area (Å²) in [6, 6.07) is 5.74. The third-order valence-electron chi connectivity index (χ3n) is 3.66. The van der Waals surface area contributed by atoms with Gasteiger partial charge in [-0.1, -0.05) is 6.07 Å². The average Bonchev–Trinajstić information content (AvgIpc) is 3.17. The van der Waals surface area contributed by atoms with Crippen molar-refractivity contribution < 1.29 is 4.79 Å². The zero-order chi connectivity index (χ0) is 15.4. The van der Waals surface area contributed by atoms with Crippen LogP contribution >= 0.6 is 0 Å². The Morgan fingerprint density at radius 2 is 2.36 bits per heavy atom. The van der Waals surface area contributed by atoms with Crippen LogP contribution in [0.2, 0.25) is 0 Å². The summed E-state index contributed by atoms with van der Waals surface area (Å²) in [4.78, 5) is 22.2. The van der Waals surface area contributed by atoms with Crippen molar-refractivity contribution in [2.75, 3.05) is 18.4 Å². The molecule has 0 aliphatic carbocycles. The third-order valence-corrected chi connectivity index (χ3v) is 3.66. The number of nitriles is 1. The normalized spacial score (nSPS) is 17.2. The zero-order valence-corrected chi connectivity index (χ0v) is 12.0. The second-order valence-corrected chi connectivity index (χ2v) is 5.27.